The Hall–Kier alpha value is -4.03. The molecule has 1 aromatic heterocycles. The molecule has 1 aliphatic rings. The maximum Gasteiger partial charge on any atom is 0.270 e. The normalized spacial score (nSPS) is 14.4. The predicted octanol–water partition coefficient (Wildman–Crippen LogP) is 5.24. The predicted molar refractivity (Wildman–Crippen MR) is 136 cm³/mol. The summed E-state index contributed by atoms with van der Waals surface area (Å²) < 4.78 is 2.06. The van der Waals surface area contributed by atoms with Crippen molar-refractivity contribution in [2.24, 2.45) is 7.05 Å². The molecular formula is C27H21N3O2S. The lowest BCUT2D eigenvalue weighted by atomic mass is 10.0. The Morgan fingerprint density at radius 3 is 1.76 bits per heavy atom. The van der Waals surface area contributed by atoms with Crippen LogP contribution in [0.3, 0.4) is 0 Å². The maximum absolute atomic E-state index is 13.7. The third-order valence-electron chi connectivity index (χ3n) is 6.02. The topological polar surface area (TPSA) is 45.6 Å². The second kappa shape index (κ2) is 8.15. The number of nitrogens with zero attached hydrogens (tertiary/aromatic N) is 3. The van der Waals surface area contributed by atoms with Gasteiger partial charge in [-0.3, -0.25) is 19.4 Å². The van der Waals surface area contributed by atoms with E-state index in [0.717, 1.165) is 22.2 Å². The summed E-state index contributed by atoms with van der Waals surface area (Å²) in [6, 6.07) is 26.3. The van der Waals surface area contributed by atoms with Crippen molar-refractivity contribution in [1.82, 2.24) is 4.57 Å². The number of rotatable bonds is 3. The van der Waals surface area contributed by atoms with Gasteiger partial charge in [0, 0.05) is 29.2 Å². The van der Waals surface area contributed by atoms with Gasteiger partial charge in [0.1, 0.15) is 5.57 Å². The summed E-state index contributed by atoms with van der Waals surface area (Å²) in [6.45, 7) is 1.98. The monoisotopic (exact) mass is 451 g/mol. The molecule has 0 saturated carbocycles. The Morgan fingerprint density at radius 2 is 1.21 bits per heavy atom. The van der Waals surface area contributed by atoms with Gasteiger partial charge in [-0.15, -0.1) is 0 Å². The lowest BCUT2D eigenvalue weighted by Gasteiger charge is -2.36. The Bertz CT molecular complexity index is 1380. The summed E-state index contributed by atoms with van der Waals surface area (Å²) in [5, 5.41) is 1.12. The van der Waals surface area contributed by atoms with Crippen LogP contribution >= 0.6 is 12.2 Å². The molecule has 0 bridgehead atoms. The van der Waals surface area contributed by atoms with Gasteiger partial charge >= 0.3 is 0 Å². The van der Waals surface area contributed by atoms with Gasteiger partial charge in [-0.2, -0.15) is 0 Å². The van der Waals surface area contributed by atoms with E-state index in [1.807, 2.05) is 98.9 Å². The van der Waals surface area contributed by atoms with Crippen molar-refractivity contribution in [2.75, 3.05) is 9.80 Å². The Balaban J connectivity index is 1.73. The highest BCUT2D eigenvalue weighted by molar-refractivity contribution is 7.81. The molecule has 0 spiro atoms. The van der Waals surface area contributed by atoms with Gasteiger partial charge in [0.25, 0.3) is 11.8 Å². The van der Waals surface area contributed by atoms with Gasteiger partial charge in [0.2, 0.25) is 0 Å². The van der Waals surface area contributed by atoms with E-state index in [4.69, 9.17) is 12.2 Å². The van der Waals surface area contributed by atoms with E-state index in [1.165, 1.54) is 9.80 Å². The van der Waals surface area contributed by atoms with Crippen LogP contribution in [-0.4, -0.2) is 21.5 Å². The van der Waals surface area contributed by atoms with Crippen LogP contribution in [0.15, 0.2) is 90.5 Å². The molecular weight excluding hydrogens is 430 g/mol. The summed E-state index contributed by atoms with van der Waals surface area (Å²) in [7, 11) is 1.98. The number of carbonyl (C=O) groups excluding carboxylic acids is 2. The average molecular weight is 452 g/mol. The minimum atomic E-state index is -0.435. The zero-order chi connectivity index (χ0) is 23.1. The van der Waals surface area contributed by atoms with Crippen LogP contribution < -0.4 is 9.80 Å². The van der Waals surface area contributed by atoms with Gasteiger partial charge in [0.05, 0.1) is 11.4 Å². The molecule has 5 rings (SSSR count). The molecule has 6 heteroatoms. The number of hydrogen-bond donors (Lipinski definition) is 0. The molecule has 0 radical (unpaired) electrons. The molecule has 33 heavy (non-hydrogen) atoms. The molecule has 1 fully saturated rings. The number of amides is 2. The van der Waals surface area contributed by atoms with E-state index >= 15 is 0 Å². The Labute approximate surface area is 197 Å². The molecule has 2 heterocycles. The summed E-state index contributed by atoms with van der Waals surface area (Å²) >= 11 is 5.67. The second-order valence-electron chi connectivity index (χ2n) is 7.87. The van der Waals surface area contributed by atoms with Crippen LogP contribution in [-0.2, 0) is 16.6 Å². The SMILES string of the molecule is Cc1c(C=C2C(=O)N(c3ccccc3)C(=S)N(c3ccccc3)C2=O)c2ccccc2n1C. The first-order chi connectivity index (χ1) is 16.0. The lowest BCUT2D eigenvalue weighted by molar-refractivity contribution is -0.120. The van der Waals surface area contributed by atoms with Gasteiger partial charge in [-0.05, 0) is 55.5 Å². The smallest absolute Gasteiger partial charge is 0.270 e. The fraction of sp³-hybridized carbons (Fsp3) is 0.0741. The van der Waals surface area contributed by atoms with Crippen LogP contribution in [0, 0.1) is 6.92 Å². The van der Waals surface area contributed by atoms with E-state index in [0.29, 0.717) is 11.4 Å². The summed E-state index contributed by atoms with van der Waals surface area (Å²) in [4.78, 5) is 30.2. The summed E-state index contributed by atoms with van der Waals surface area (Å²) in [5.74, 6) is -0.869. The van der Waals surface area contributed by atoms with Crippen LogP contribution in [0.25, 0.3) is 17.0 Å². The first kappa shape index (κ1) is 20.8. The molecule has 1 aliphatic heterocycles. The summed E-state index contributed by atoms with van der Waals surface area (Å²) in [5.41, 5.74) is 4.14. The number of aromatic nitrogens is 1. The van der Waals surface area contributed by atoms with Gasteiger partial charge in [-0.25, -0.2) is 0 Å². The third kappa shape index (κ3) is 3.36. The number of anilines is 2. The van der Waals surface area contributed by atoms with E-state index in [9.17, 15) is 9.59 Å². The van der Waals surface area contributed by atoms with Crippen LogP contribution in [0.2, 0.25) is 0 Å². The number of para-hydroxylation sites is 3. The number of aryl methyl sites for hydroxylation is 1. The van der Waals surface area contributed by atoms with E-state index in [1.54, 1.807) is 6.08 Å². The zero-order valence-electron chi connectivity index (χ0n) is 18.2. The van der Waals surface area contributed by atoms with Crippen molar-refractivity contribution in [3.63, 3.8) is 0 Å². The Kier molecular flexibility index (Phi) is 5.15. The first-order valence-corrected chi connectivity index (χ1v) is 11.0. The molecule has 3 aromatic carbocycles. The number of carbonyl (C=O) groups is 2. The quantitative estimate of drug-likeness (QED) is 0.243. The zero-order valence-corrected chi connectivity index (χ0v) is 19.0. The molecule has 5 nitrogen and oxygen atoms in total. The molecule has 0 N–H and O–H groups in total. The van der Waals surface area contributed by atoms with E-state index in [-0.39, 0.29) is 10.7 Å². The van der Waals surface area contributed by atoms with Crippen LogP contribution in [0.1, 0.15) is 11.3 Å². The van der Waals surface area contributed by atoms with Gasteiger partial charge in [0.15, 0.2) is 5.11 Å². The number of fused-ring (bicyclic) bond motifs is 1. The van der Waals surface area contributed by atoms with Crippen molar-refractivity contribution in [1.29, 1.82) is 0 Å². The largest absolute Gasteiger partial charge is 0.347 e. The highest BCUT2D eigenvalue weighted by Crippen LogP contribution is 2.32. The minimum absolute atomic E-state index is 0.0655. The molecule has 1 saturated heterocycles. The minimum Gasteiger partial charge on any atom is -0.347 e. The maximum atomic E-state index is 13.7. The highest BCUT2D eigenvalue weighted by Gasteiger charge is 2.41. The molecule has 0 aliphatic carbocycles. The fourth-order valence-corrected chi connectivity index (χ4v) is 4.59. The molecule has 4 aromatic rings. The molecule has 0 unspecified atom stereocenters. The van der Waals surface area contributed by atoms with E-state index < -0.39 is 11.8 Å². The lowest BCUT2D eigenvalue weighted by Crippen LogP contribution is -2.56. The van der Waals surface area contributed by atoms with Crippen molar-refractivity contribution in [2.45, 2.75) is 6.92 Å². The van der Waals surface area contributed by atoms with Crippen molar-refractivity contribution in [3.8, 4) is 0 Å². The van der Waals surface area contributed by atoms with Crippen molar-refractivity contribution >= 4 is 57.5 Å². The molecule has 162 valence electrons. The van der Waals surface area contributed by atoms with Crippen LogP contribution in [0.5, 0.6) is 0 Å². The van der Waals surface area contributed by atoms with Crippen LogP contribution in [0.4, 0.5) is 11.4 Å². The molecule has 2 amide bonds. The first-order valence-electron chi connectivity index (χ1n) is 10.6. The van der Waals surface area contributed by atoms with Gasteiger partial charge < -0.3 is 4.57 Å². The number of benzene rings is 3. The molecule has 0 atom stereocenters. The van der Waals surface area contributed by atoms with E-state index in [2.05, 4.69) is 4.57 Å². The number of thiocarbonyl (C=S) groups is 1. The number of hydrogen-bond acceptors (Lipinski definition) is 3. The standard InChI is InChI=1S/C27H21N3O2S/c1-18-22(21-15-9-10-16-24(21)28(18)2)17-23-25(31)29(19-11-5-3-6-12-19)27(33)30(26(23)32)20-13-7-4-8-14-20/h3-17H,1-2H3. The third-order valence-corrected chi connectivity index (χ3v) is 6.38. The second-order valence-corrected chi connectivity index (χ2v) is 8.23. The van der Waals surface area contributed by atoms with Crippen molar-refractivity contribution in [3.05, 3.63) is 102 Å². The van der Waals surface area contributed by atoms with Gasteiger partial charge in [-0.1, -0.05) is 54.6 Å². The van der Waals surface area contributed by atoms with Crippen molar-refractivity contribution < 1.29 is 9.59 Å². The highest BCUT2D eigenvalue weighted by atomic mass is 32.1. The average Bonchev–Trinajstić information content (AvgIpc) is 3.08. The Morgan fingerprint density at radius 1 is 0.727 bits per heavy atom. The summed E-state index contributed by atoms with van der Waals surface area (Å²) in [6.07, 6.45) is 1.70. The fourth-order valence-electron chi connectivity index (χ4n) is 4.22.